The largest absolute Gasteiger partial charge is 0.295 e. The van der Waals surface area contributed by atoms with Crippen LogP contribution in [0.4, 0.5) is 0 Å². The van der Waals surface area contributed by atoms with E-state index in [9.17, 15) is 4.79 Å². The molecule has 0 unspecified atom stereocenters. The summed E-state index contributed by atoms with van der Waals surface area (Å²) in [6.07, 6.45) is 10.5. The molecule has 0 spiro atoms. The van der Waals surface area contributed by atoms with Crippen molar-refractivity contribution in [3.8, 4) is 11.3 Å². The molecule has 0 aliphatic heterocycles. The fourth-order valence-electron chi connectivity index (χ4n) is 3.86. The van der Waals surface area contributed by atoms with Crippen LogP contribution >= 0.6 is 86.3 Å². The molecule has 7 nitrogen and oxygen atoms in total. The number of ketones is 1. The molecule has 0 amide bonds. The lowest BCUT2D eigenvalue weighted by Gasteiger charge is -2.08. The van der Waals surface area contributed by atoms with Crippen LogP contribution in [0.5, 0.6) is 0 Å². The Bertz CT molecular complexity index is 1630. The molecular formula is C24H17Br4IN6O. The Morgan fingerprint density at radius 1 is 0.972 bits per heavy atom. The van der Waals surface area contributed by atoms with Gasteiger partial charge in [0, 0.05) is 29.9 Å². The highest BCUT2D eigenvalue weighted by atomic mass is 127. The summed E-state index contributed by atoms with van der Waals surface area (Å²) in [5.74, 6) is 0.868. The minimum Gasteiger partial charge on any atom is -0.295 e. The molecule has 4 heterocycles. The van der Waals surface area contributed by atoms with E-state index in [4.69, 9.17) is 0 Å². The van der Waals surface area contributed by atoms with Crippen LogP contribution in [0.2, 0.25) is 0 Å². The molecule has 184 valence electrons. The quantitative estimate of drug-likeness (QED) is 0.135. The smallest absolute Gasteiger partial charge is 0.171 e. The van der Waals surface area contributed by atoms with Crippen LogP contribution in [0.25, 0.3) is 22.6 Å². The van der Waals surface area contributed by atoms with E-state index in [0.29, 0.717) is 16.9 Å². The molecule has 0 radical (unpaired) electrons. The second-order valence-corrected chi connectivity index (χ2v) is 12.7. The van der Waals surface area contributed by atoms with E-state index in [1.165, 1.54) is 12.8 Å². The molecule has 36 heavy (non-hydrogen) atoms. The normalized spacial score (nSPS) is 13.2. The second-order valence-electron chi connectivity index (χ2n) is 8.42. The summed E-state index contributed by atoms with van der Waals surface area (Å²) in [7, 11) is 0. The molecule has 6 rings (SSSR count). The summed E-state index contributed by atoms with van der Waals surface area (Å²) in [5, 5.41) is 0. The van der Waals surface area contributed by atoms with Gasteiger partial charge in [-0.3, -0.25) is 13.6 Å². The van der Waals surface area contributed by atoms with Crippen molar-refractivity contribution in [3.05, 3.63) is 76.2 Å². The Hall–Kier alpha value is -1.22. The number of Topliss-reactive ketones (excluding diaryl/α,β-unsaturated/α-hetero) is 1. The number of benzene rings is 1. The molecule has 4 aromatic heterocycles. The van der Waals surface area contributed by atoms with Crippen molar-refractivity contribution in [2.24, 2.45) is 5.92 Å². The summed E-state index contributed by atoms with van der Waals surface area (Å²) < 4.78 is 7.97. The Morgan fingerprint density at radius 2 is 1.58 bits per heavy atom. The summed E-state index contributed by atoms with van der Waals surface area (Å²) in [4.78, 5) is 29.5. The van der Waals surface area contributed by atoms with Gasteiger partial charge in [-0.25, -0.2) is 19.9 Å². The van der Waals surface area contributed by atoms with Crippen molar-refractivity contribution in [1.29, 1.82) is 0 Å². The van der Waals surface area contributed by atoms with Crippen LogP contribution in [0.1, 0.15) is 35.2 Å². The van der Waals surface area contributed by atoms with Crippen LogP contribution in [0.15, 0.2) is 61.4 Å². The topological polar surface area (TPSA) is 77.4 Å². The molecule has 1 aliphatic rings. The Balaban J connectivity index is 0.000000186. The maximum atomic E-state index is 12.4. The molecule has 1 fully saturated rings. The zero-order valence-corrected chi connectivity index (χ0v) is 27.2. The predicted molar refractivity (Wildman–Crippen MR) is 161 cm³/mol. The van der Waals surface area contributed by atoms with Crippen molar-refractivity contribution in [1.82, 2.24) is 28.7 Å². The Labute approximate surface area is 254 Å². The van der Waals surface area contributed by atoms with Crippen LogP contribution in [-0.2, 0) is 0 Å². The molecule has 5 aromatic rings. The highest BCUT2D eigenvalue weighted by Crippen LogP contribution is 2.34. The first-order valence-corrected chi connectivity index (χ1v) is 15.1. The number of aromatic nitrogens is 6. The molecule has 1 aliphatic carbocycles. The first kappa shape index (κ1) is 26.4. The third kappa shape index (κ3) is 5.62. The molecule has 0 bridgehead atoms. The third-order valence-electron chi connectivity index (χ3n) is 5.79. The summed E-state index contributed by atoms with van der Waals surface area (Å²) in [6.45, 7) is 2.00. The number of hydrogen-bond donors (Lipinski definition) is 0. The number of carbonyl (C=O) groups excluding carboxylic acids is 1. The maximum absolute atomic E-state index is 12.4. The van der Waals surface area contributed by atoms with Gasteiger partial charge < -0.3 is 0 Å². The fourth-order valence-corrected chi connectivity index (χ4v) is 6.58. The lowest BCUT2D eigenvalue weighted by Crippen LogP contribution is -2.03. The number of carbonyl (C=O) groups is 1. The zero-order valence-electron chi connectivity index (χ0n) is 18.7. The van der Waals surface area contributed by atoms with Crippen LogP contribution in [-0.4, -0.2) is 34.5 Å². The molecule has 1 saturated carbocycles. The van der Waals surface area contributed by atoms with E-state index in [-0.39, 0.29) is 5.78 Å². The summed E-state index contributed by atoms with van der Waals surface area (Å²) in [5.41, 5.74) is 5.46. The van der Waals surface area contributed by atoms with Gasteiger partial charge in [-0.05, 0) is 124 Å². The number of hydrogen-bond acceptors (Lipinski definition) is 5. The van der Waals surface area contributed by atoms with Gasteiger partial charge in [-0.15, -0.1) is 0 Å². The number of imidazole rings is 2. The molecule has 0 saturated heterocycles. The second kappa shape index (κ2) is 10.9. The van der Waals surface area contributed by atoms with Crippen molar-refractivity contribution in [3.63, 3.8) is 0 Å². The van der Waals surface area contributed by atoms with Crippen LogP contribution in [0, 0.1) is 16.5 Å². The SMILES string of the molecule is Brc1cn2c(I)cnc2c(Br)n1.Cc1cc(-c2cnc3c(Br)nc(Br)cn23)ccc1C(=O)CC1CC1. The third-order valence-corrected chi connectivity index (χ3v) is 8.42. The van der Waals surface area contributed by atoms with Crippen LogP contribution < -0.4 is 0 Å². The van der Waals surface area contributed by atoms with E-state index in [1.807, 2.05) is 46.4 Å². The molecule has 12 heteroatoms. The Morgan fingerprint density at radius 3 is 2.22 bits per heavy atom. The lowest BCUT2D eigenvalue weighted by molar-refractivity contribution is 0.0975. The number of fused-ring (bicyclic) bond motifs is 2. The fraction of sp³-hybridized carbons (Fsp3) is 0.208. The van der Waals surface area contributed by atoms with Gasteiger partial charge in [-0.1, -0.05) is 12.1 Å². The zero-order chi connectivity index (χ0) is 25.6. The standard InChI is InChI=1S/C18H15Br2N3O.C6H2Br2IN3/c1-10-6-12(4-5-13(10)15(24)7-11-2-3-11)14-8-21-18-17(20)22-16(19)9-23(14)18;7-3-2-12-4(9)1-10-6(12)5(8)11-3/h4-6,8-9,11H,2-3,7H2,1H3;1-2H. The average Bonchev–Trinajstić information content (AvgIpc) is 3.40. The molecular weight excluding hydrogens is 835 g/mol. The Kier molecular flexibility index (Phi) is 7.97. The van der Waals surface area contributed by atoms with E-state index < -0.39 is 0 Å². The highest BCUT2D eigenvalue weighted by molar-refractivity contribution is 14.1. The van der Waals surface area contributed by atoms with Crippen molar-refractivity contribution < 1.29 is 4.79 Å². The van der Waals surface area contributed by atoms with Gasteiger partial charge in [0.25, 0.3) is 0 Å². The number of rotatable bonds is 4. The van der Waals surface area contributed by atoms with Gasteiger partial charge >= 0.3 is 0 Å². The first-order valence-electron chi connectivity index (χ1n) is 10.9. The lowest BCUT2D eigenvalue weighted by atomic mass is 9.98. The van der Waals surface area contributed by atoms with Crippen molar-refractivity contribution in [2.45, 2.75) is 26.2 Å². The predicted octanol–water partition coefficient (Wildman–Crippen LogP) is 8.07. The van der Waals surface area contributed by atoms with Gasteiger partial charge in [0.1, 0.15) is 12.9 Å². The van der Waals surface area contributed by atoms with Crippen LogP contribution in [0.3, 0.4) is 0 Å². The average molecular weight is 852 g/mol. The summed E-state index contributed by atoms with van der Waals surface area (Å²) in [6, 6.07) is 6.00. The molecule has 1 aromatic carbocycles. The summed E-state index contributed by atoms with van der Waals surface area (Å²) >= 11 is 15.7. The maximum Gasteiger partial charge on any atom is 0.171 e. The van der Waals surface area contributed by atoms with E-state index in [0.717, 1.165) is 51.2 Å². The number of nitrogens with zero attached hydrogens (tertiary/aromatic N) is 6. The van der Waals surface area contributed by atoms with Gasteiger partial charge in [0.05, 0.1) is 18.1 Å². The molecule has 0 N–H and O–H groups in total. The van der Waals surface area contributed by atoms with E-state index in [2.05, 4.69) is 112 Å². The minimum absolute atomic E-state index is 0.259. The van der Waals surface area contributed by atoms with E-state index in [1.54, 1.807) is 6.20 Å². The van der Waals surface area contributed by atoms with E-state index >= 15 is 0 Å². The first-order chi connectivity index (χ1) is 17.2. The number of halogens is 5. The van der Waals surface area contributed by atoms with Gasteiger partial charge in [0.2, 0.25) is 0 Å². The number of aryl methyl sites for hydroxylation is 1. The highest BCUT2D eigenvalue weighted by Gasteiger charge is 2.25. The van der Waals surface area contributed by atoms with Gasteiger partial charge in [0.15, 0.2) is 26.3 Å². The van der Waals surface area contributed by atoms with Gasteiger partial charge in [-0.2, -0.15) is 0 Å². The monoisotopic (exact) mass is 848 g/mol. The van der Waals surface area contributed by atoms with Crippen molar-refractivity contribution >= 4 is 103 Å². The minimum atomic E-state index is 0.259. The molecule has 0 atom stereocenters. The van der Waals surface area contributed by atoms with Crippen molar-refractivity contribution in [2.75, 3.05) is 0 Å².